The van der Waals surface area contributed by atoms with Crippen molar-refractivity contribution in [1.29, 1.82) is 0 Å². The van der Waals surface area contributed by atoms with Gasteiger partial charge in [0.05, 0.1) is 23.2 Å². The molecule has 1 aromatic carbocycles. The van der Waals surface area contributed by atoms with Gasteiger partial charge in [-0.3, -0.25) is 9.98 Å². The van der Waals surface area contributed by atoms with Crippen molar-refractivity contribution in [2.75, 3.05) is 11.4 Å². The highest BCUT2D eigenvalue weighted by molar-refractivity contribution is 8.00. The summed E-state index contributed by atoms with van der Waals surface area (Å²) in [6.07, 6.45) is 5.52. The first-order valence-electron chi connectivity index (χ1n) is 8.82. The van der Waals surface area contributed by atoms with Crippen LogP contribution in [-0.2, 0) is 5.41 Å². The van der Waals surface area contributed by atoms with Gasteiger partial charge in [-0.25, -0.2) is 0 Å². The van der Waals surface area contributed by atoms with E-state index in [1.807, 2.05) is 18.0 Å². The molecule has 0 radical (unpaired) electrons. The zero-order valence-corrected chi connectivity index (χ0v) is 13.9. The third-order valence-corrected chi connectivity index (χ3v) is 8.66. The lowest BCUT2D eigenvalue weighted by atomic mass is 9.60. The molecular formula is C18H17N3O2S. The number of phenolic OH excluding ortho intramolecular Hbond substituents is 1. The molecule has 1 aliphatic carbocycles. The first kappa shape index (κ1) is 12.8. The number of hydrogen-bond acceptors (Lipinski definition) is 6. The van der Waals surface area contributed by atoms with E-state index in [-0.39, 0.29) is 28.7 Å². The van der Waals surface area contributed by atoms with Gasteiger partial charge in [-0.05, 0) is 31.3 Å². The Morgan fingerprint density at radius 3 is 3.17 bits per heavy atom. The minimum Gasteiger partial charge on any atom is -0.504 e. The van der Waals surface area contributed by atoms with E-state index in [2.05, 4.69) is 9.89 Å². The van der Waals surface area contributed by atoms with Crippen LogP contribution in [0.4, 0.5) is 11.4 Å². The Morgan fingerprint density at radius 2 is 2.25 bits per heavy atom. The number of aromatic hydroxyl groups is 1. The second-order valence-electron chi connectivity index (χ2n) is 8.01. The van der Waals surface area contributed by atoms with E-state index in [9.17, 15) is 10.2 Å². The van der Waals surface area contributed by atoms with Crippen LogP contribution in [0.2, 0.25) is 0 Å². The normalized spacial score (nSPS) is 41.7. The summed E-state index contributed by atoms with van der Waals surface area (Å²) in [5, 5.41) is 24.3. The summed E-state index contributed by atoms with van der Waals surface area (Å²) in [5.41, 5.74) is 4.54. The number of hydrogen-bond donors (Lipinski definition) is 2. The molecule has 2 N–H and O–H groups in total. The molecule has 0 aromatic heterocycles. The quantitative estimate of drug-likeness (QED) is 0.730. The van der Waals surface area contributed by atoms with Gasteiger partial charge < -0.3 is 15.1 Å². The number of nitrogens with zero attached hydrogens (tertiary/aromatic N) is 3. The summed E-state index contributed by atoms with van der Waals surface area (Å²) in [6.45, 7) is 0.935. The Labute approximate surface area is 142 Å². The number of aliphatic imine (C=N–C) groups is 1. The van der Waals surface area contributed by atoms with Crippen LogP contribution in [0.25, 0.3) is 5.57 Å². The smallest absolute Gasteiger partial charge is 0.167 e. The fourth-order valence-electron chi connectivity index (χ4n) is 6.19. The number of benzene rings is 1. The van der Waals surface area contributed by atoms with Crippen LogP contribution in [-0.4, -0.2) is 45.7 Å². The van der Waals surface area contributed by atoms with Crippen molar-refractivity contribution in [2.24, 2.45) is 9.98 Å². The molecule has 5 nitrogen and oxygen atoms in total. The summed E-state index contributed by atoms with van der Waals surface area (Å²) >= 11 is 1.91. The Kier molecular flexibility index (Phi) is 1.96. The Morgan fingerprint density at radius 1 is 1.33 bits per heavy atom. The highest BCUT2D eigenvalue weighted by Crippen LogP contribution is 2.62. The van der Waals surface area contributed by atoms with Crippen LogP contribution < -0.4 is 15.5 Å². The Balaban J connectivity index is 1.73. The first-order chi connectivity index (χ1) is 11.7. The molecule has 1 saturated carbocycles. The second-order valence-corrected chi connectivity index (χ2v) is 9.40. The lowest BCUT2D eigenvalue weighted by molar-refractivity contribution is 0.0670. The van der Waals surface area contributed by atoms with E-state index < -0.39 is 0 Å². The van der Waals surface area contributed by atoms with E-state index in [1.54, 1.807) is 0 Å². The van der Waals surface area contributed by atoms with Gasteiger partial charge in [-0.1, -0.05) is 0 Å². The maximum atomic E-state index is 10.9. The largest absolute Gasteiger partial charge is 0.504 e. The minimum atomic E-state index is -0.266. The molecule has 1 saturated heterocycles. The topological polar surface area (TPSA) is 68.4 Å². The van der Waals surface area contributed by atoms with Gasteiger partial charge in [0, 0.05) is 34.2 Å². The minimum absolute atomic E-state index is 0.0830. The fraction of sp³-hybridized carbons (Fsp3) is 0.556. The van der Waals surface area contributed by atoms with Gasteiger partial charge in [-0.2, -0.15) is 0 Å². The van der Waals surface area contributed by atoms with Crippen molar-refractivity contribution >= 4 is 34.9 Å². The molecule has 1 aromatic rings. The van der Waals surface area contributed by atoms with Crippen molar-refractivity contribution in [3.05, 3.63) is 16.1 Å². The van der Waals surface area contributed by atoms with E-state index in [0.29, 0.717) is 10.9 Å². The average Bonchev–Trinajstić information content (AvgIpc) is 3.11. The highest BCUT2D eigenvalue weighted by atomic mass is 32.2. The summed E-state index contributed by atoms with van der Waals surface area (Å²) < 4.78 is 0. The maximum absolute atomic E-state index is 10.9. The van der Waals surface area contributed by atoms with Gasteiger partial charge >= 0.3 is 0 Å². The van der Waals surface area contributed by atoms with Crippen LogP contribution in [0.5, 0.6) is 5.75 Å². The van der Waals surface area contributed by atoms with E-state index in [0.717, 1.165) is 42.8 Å². The molecule has 5 aliphatic heterocycles. The molecule has 122 valence electrons. The average molecular weight is 339 g/mol. The predicted octanol–water partition coefficient (Wildman–Crippen LogP) is 0.708. The summed E-state index contributed by atoms with van der Waals surface area (Å²) in [4.78, 5) is 11.9. The van der Waals surface area contributed by atoms with Gasteiger partial charge in [0.1, 0.15) is 11.0 Å². The molecule has 2 fully saturated rings. The number of rotatable bonds is 0. The summed E-state index contributed by atoms with van der Waals surface area (Å²) in [5.74, 6) is 0.284. The van der Waals surface area contributed by atoms with E-state index in [1.165, 1.54) is 16.8 Å². The van der Waals surface area contributed by atoms with Gasteiger partial charge in [0.25, 0.3) is 0 Å². The molecule has 5 atom stereocenters. The molecule has 7 rings (SSSR count). The molecule has 2 unspecified atom stereocenters. The summed E-state index contributed by atoms with van der Waals surface area (Å²) in [7, 11) is 0. The van der Waals surface area contributed by atoms with E-state index >= 15 is 0 Å². The van der Waals surface area contributed by atoms with Crippen molar-refractivity contribution in [3.8, 4) is 5.75 Å². The Bertz CT molecular complexity index is 1000. The van der Waals surface area contributed by atoms with Crippen LogP contribution in [0.15, 0.2) is 9.98 Å². The number of phenols is 1. The van der Waals surface area contributed by atoms with Crippen molar-refractivity contribution < 1.29 is 10.2 Å². The molecule has 0 amide bonds. The zero-order valence-electron chi connectivity index (χ0n) is 13.1. The number of aliphatic hydroxyl groups excluding tert-OH is 1. The zero-order chi connectivity index (χ0) is 15.8. The molecule has 6 heteroatoms. The molecule has 24 heavy (non-hydrogen) atoms. The number of aliphatic hydroxyl groups is 1. The van der Waals surface area contributed by atoms with Crippen LogP contribution in [0.1, 0.15) is 31.2 Å². The third-order valence-electron chi connectivity index (χ3n) is 7.10. The lowest BCUT2D eigenvalue weighted by Gasteiger charge is -2.56. The maximum Gasteiger partial charge on any atom is 0.167 e. The fourth-order valence-corrected chi connectivity index (χ4v) is 8.01. The van der Waals surface area contributed by atoms with E-state index in [4.69, 9.17) is 4.99 Å². The predicted molar refractivity (Wildman–Crippen MR) is 92.9 cm³/mol. The molecule has 1 spiro atoms. The first-order valence-corrected chi connectivity index (χ1v) is 9.76. The number of thioether (sulfide) groups is 1. The van der Waals surface area contributed by atoms with Crippen LogP contribution in [0.3, 0.4) is 0 Å². The third kappa shape index (κ3) is 1.14. The van der Waals surface area contributed by atoms with Gasteiger partial charge in [0.2, 0.25) is 0 Å². The molecular weight excluding hydrogens is 322 g/mol. The number of anilines is 1. The molecule has 5 heterocycles. The number of fused-ring (bicyclic) bond motifs is 3. The highest BCUT2D eigenvalue weighted by Gasteiger charge is 2.62. The Hall–Kier alpha value is -1.53. The monoisotopic (exact) mass is 339 g/mol. The standard InChI is InChI=1S/C18H17N3O2S/c22-9-3-10-18-4-8(9)21-2-1-7-6-19-14-12(7)16(21)13(18)15(17(14)23)20-11(5-18)24-10/h6,8-11,22-23H,1-5H2/t8?,9-,10?,11+,18-/m1/s1. The van der Waals surface area contributed by atoms with Crippen LogP contribution in [0, 0.1) is 0 Å². The van der Waals surface area contributed by atoms with Gasteiger partial charge in [-0.15, -0.1) is 11.8 Å². The molecule has 6 aliphatic rings. The SMILES string of the molecule is Oc1c2c3c4c5c1=N[C@@H]1C[C@@]56CC([C@H](O)CC6S1)N4CCC=3C=N2. The second kappa shape index (κ2) is 3.68. The summed E-state index contributed by atoms with van der Waals surface area (Å²) in [6, 6.07) is 0.204. The van der Waals surface area contributed by atoms with Crippen molar-refractivity contribution in [1.82, 2.24) is 0 Å². The molecule has 3 bridgehead atoms. The van der Waals surface area contributed by atoms with Crippen molar-refractivity contribution in [3.63, 3.8) is 0 Å². The van der Waals surface area contributed by atoms with Crippen LogP contribution >= 0.6 is 11.8 Å². The lowest BCUT2D eigenvalue weighted by Crippen LogP contribution is -2.63. The van der Waals surface area contributed by atoms with Gasteiger partial charge in [0.15, 0.2) is 5.75 Å². The van der Waals surface area contributed by atoms with Crippen molar-refractivity contribution in [2.45, 2.75) is 53.9 Å².